The lowest BCUT2D eigenvalue weighted by Gasteiger charge is -2.26. The van der Waals surface area contributed by atoms with Crippen LogP contribution in [0.15, 0.2) is 60.7 Å². The third-order valence-electron chi connectivity index (χ3n) is 6.69. The van der Waals surface area contributed by atoms with E-state index in [1.54, 1.807) is 18.2 Å². The van der Waals surface area contributed by atoms with Crippen molar-refractivity contribution >= 4 is 51.7 Å². The minimum Gasteiger partial charge on any atom is -0.349 e. The fourth-order valence-corrected chi connectivity index (χ4v) is 4.82. The van der Waals surface area contributed by atoms with E-state index >= 15 is 0 Å². The molecule has 36 heavy (non-hydrogen) atoms. The number of benzene rings is 3. The van der Waals surface area contributed by atoms with E-state index in [0.29, 0.717) is 32.7 Å². The Balaban J connectivity index is 1.27. The Bertz CT molecular complexity index is 1420. The first-order valence-electron chi connectivity index (χ1n) is 12.0. The summed E-state index contributed by atoms with van der Waals surface area (Å²) in [5.74, 6) is 1.11. The Kier molecular flexibility index (Phi) is 6.99. The van der Waals surface area contributed by atoms with Gasteiger partial charge in [0.15, 0.2) is 0 Å². The van der Waals surface area contributed by atoms with Crippen LogP contribution in [-0.4, -0.2) is 27.8 Å². The van der Waals surface area contributed by atoms with Crippen molar-refractivity contribution < 1.29 is 9.59 Å². The fourth-order valence-electron chi connectivity index (χ4n) is 4.52. The van der Waals surface area contributed by atoms with Gasteiger partial charge < -0.3 is 15.6 Å². The number of aromatic amines is 1. The van der Waals surface area contributed by atoms with Gasteiger partial charge in [0.25, 0.3) is 11.8 Å². The van der Waals surface area contributed by atoms with Crippen LogP contribution in [0.4, 0.5) is 5.69 Å². The molecule has 1 aliphatic carbocycles. The molecule has 3 aromatic carbocycles. The highest BCUT2D eigenvalue weighted by Gasteiger charge is 2.20. The molecule has 1 fully saturated rings. The molecule has 0 radical (unpaired) electrons. The summed E-state index contributed by atoms with van der Waals surface area (Å²) in [6, 6.07) is 17.9. The van der Waals surface area contributed by atoms with Crippen LogP contribution in [-0.2, 0) is 0 Å². The molecular weight excluding hydrogens is 495 g/mol. The van der Waals surface area contributed by atoms with Crippen molar-refractivity contribution in [2.24, 2.45) is 5.92 Å². The number of nitrogens with zero attached hydrogens (tertiary/aromatic N) is 1. The summed E-state index contributed by atoms with van der Waals surface area (Å²) < 4.78 is 0. The summed E-state index contributed by atoms with van der Waals surface area (Å²) in [4.78, 5) is 33.2. The van der Waals surface area contributed by atoms with E-state index in [1.165, 1.54) is 6.07 Å². The zero-order valence-electron chi connectivity index (χ0n) is 19.8. The van der Waals surface area contributed by atoms with Crippen LogP contribution in [0.2, 0.25) is 10.0 Å². The second kappa shape index (κ2) is 10.3. The molecule has 1 aromatic heterocycles. The van der Waals surface area contributed by atoms with Crippen molar-refractivity contribution in [1.29, 1.82) is 0 Å². The van der Waals surface area contributed by atoms with Crippen LogP contribution in [0.5, 0.6) is 0 Å². The maximum absolute atomic E-state index is 12.7. The van der Waals surface area contributed by atoms with E-state index < -0.39 is 0 Å². The Hall–Kier alpha value is -3.35. The van der Waals surface area contributed by atoms with E-state index in [1.807, 2.05) is 36.4 Å². The minimum atomic E-state index is -0.288. The maximum Gasteiger partial charge on any atom is 0.255 e. The van der Waals surface area contributed by atoms with Crippen LogP contribution in [0.25, 0.3) is 22.4 Å². The number of halogens is 2. The molecule has 184 valence electrons. The summed E-state index contributed by atoms with van der Waals surface area (Å²) in [7, 11) is 0. The van der Waals surface area contributed by atoms with Gasteiger partial charge in [0.1, 0.15) is 5.82 Å². The molecule has 8 heteroatoms. The highest BCUT2D eigenvalue weighted by molar-refractivity contribution is 6.42. The number of nitrogens with one attached hydrogen (secondary N) is 3. The van der Waals surface area contributed by atoms with Gasteiger partial charge in [0.2, 0.25) is 0 Å². The summed E-state index contributed by atoms with van der Waals surface area (Å²) in [5, 5.41) is 6.75. The molecule has 3 N–H and O–H groups in total. The van der Waals surface area contributed by atoms with Crippen LogP contribution in [0.1, 0.15) is 53.3 Å². The first-order valence-corrected chi connectivity index (χ1v) is 12.8. The molecule has 0 spiro atoms. The molecule has 0 bridgehead atoms. The van der Waals surface area contributed by atoms with Gasteiger partial charge in [-0.05, 0) is 80.1 Å². The van der Waals surface area contributed by atoms with Gasteiger partial charge in [0, 0.05) is 28.4 Å². The average molecular weight is 521 g/mol. The van der Waals surface area contributed by atoms with E-state index in [9.17, 15) is 9.59 Å². The topological polar surface area (TPSA) is 86.9 Å². The predicted octanol–water partition coefficient (Wildman–Crippen LogP) is 7.10. The molecule has 1 heterocycles. The van der Waals surface area contributed by atoms with Gasteiger partial charge in [0.05, 0.1) is 21.1 Å². The number of hydrogen-bond donors (Lipinski definition) is 3. The monoisotopic (exact) mass is 520 g/mol. The van der Waals surface area contributed by atoms with E-state index in [2.05, 4.69) is 27.5 Å². The molecule has 0 unspecified atom stereocenters. The Morgan fingerprint density at radius 2 is 1.58 bits per heavy atom. The number of carbonyl (C=O) groups is 2. The number of rotatable bonds is 5. The lowest BCUT2D eigenvalue weighted by molar-refractivity contribution is 0.0922. The van der Waals surface area contributed by atoms with E-state index in [0.717, 1.165) is 48.2 Å². The second-order valence-corrected chi connectivity index (χ2v) is 10.2. The van der Waals surface area contributed by atoms with Gasteiger partial charge in [-0.3, -0.25) is 9.59 Å². The van der Waals surface area contributed by atoms with Crippen molar-refractivity contribution in [3.05, 3.63) is 81.8 Å². The van der Waals surface area contributed by atoms with Crippen molar-refractivity contribution in [2.45, 2.75) is 38.6 Å². The molecule has 4 aromatic rings. The van der Waals surface area contributed by atoms with Gasteiger partial charge in [-0.25, -0.2) is 4.98 Å². The number of amides is 2. The van der Waals surface area contributed by atoms with Crippen molar-refractivity contribution in [3.8, 4) is 11.4 Å². The van der Waals surface area contributed by atoms with Crippen molar-refractivity contribution in [2.75, 3.05) is 5.32 Å². The number of hydrogen-bond acceptors (Lipinski definition) is 3. The minimum absolute atomic E-state index is 0.0342. The summed E-state index contributed by atoms with van der Waals surface area (Å²) >= 11 is 12.0. The molecule has 1 aliphatic rings. The standard InChI is InChI=1S/C28H26Cl2N4O2/c1-16-2-9-20(10-3-16)31-27(35)18-6-4-17(5-7-18)26-33-24-13-11-21(15-25(24)34-26)32-28(36)19-8-12-22(29)23(30)14-19/h4-8,11-16,20H,2-3,9-10H2,1H3,(H,31,35)(H,32,36)(H,33,34). The second-order valence-electron chi connectivity index (χ2n) is 9.41. The normalized spacial score (nSPS) is 17.6. The number of imidazole rings is 1. The number of H-pyrrole nitrogens is 1. The lowest BCUT2D eigenvalue weighted by Crippen LogP contribution is -2.37. The van der Waals surface area contributed by atoms with Crippen LogP contribution in [0, 0.1) is 5.92 Å². The van der Waals surface area contributed by atoms with Crippen molar-refractivity contribution in [1.82, 2.24) is 15.3 Å². The number of anilines is 1. The molecule has 0 saturated heterocycles. The zero-order valence-corrected chi connectivity index (χ0v) is 21.3. The summed E-state index contributed by atoms with van der Waals surface area (Å²) in [6.45, 7) is 2.27. The molecule has 2 amide bonds. The third kappa shape index (κ3) is 5.40. The molecule has 1 saturated carbocycles. The number of carbonyl (C=O) groups excluding carboxylic acids is 2. The van der Waals surface area contributed by atoms with Crippen LogP contribution >= 0.6 is 23.2 Å². The molecular formula is C28H26Cl2N4O2. The van der Waals surface area contributed by atoms with Gasteiger partial charge in [-0.1, -0.05) is 42.3 Å². The molecule has 0 aliphatic heterocycles. The Labute approximate surface area is 219 Å². The SMILES string of the molecule is CC1CCC(NC(=O)c2ccc(-c3nc4ccc(NC(=O)c5ccc(Cl)c(Cl)c5)cc4[nH]3)cc2)CC1. The molecule has 5 rings (SSSR count). The lowest BCUT2D eigenvalue weighted by atomic mass is 9.87. The van der Waals surface area contributed by atoms with E-state index in [-0.39, 0.29) is 17.9 Å². The first kappa shape index (κ1) is 24.3. The van der Waals surface area contributed by atoms with Gasteiger partial charge in [-0.15, -0.1) is 0 Å². The maximum atomic E-state index is 12.7. The number of aromatic nitrogens is 2. The highest BCUT2D eigenvalue weighted by Crippen LogP contribution is 2.26. The van der Waals surface area contributed by atoms with Crippen LogP contribution in [0.3, 0.4) is 0 Å². The predicted molar refractivity (Wildman–Crippen MR) is 145 cm³/mol. The van der Waals surface area contributed by atoms with Gasteiger partial charge in [-0.2, -0.15) is 0 Å². The molecule has 0 atom stereocenters. The third-order valence-corrected chi connectivity index (χ3v) is 7.43. The largest absolute Gasteiger partial charge is 0.349 e. The first-order chi connectivity index (χ1) is 17.4. The van der Waals surface area contributed by atoms with Crippen molar-refractivity contribution in [3.63, 3.8) is 0 Å². The van der Waals surface area contributed by atoms with Crippen LogP contribution < -0.4 is 10.6 Å². The summed E-state index contributed by atoms with van der Waals surface area (Å²) in [5.41, 5.74) is 4.10. The smallest absolute Gasteiger partial charge is 0.255 e. The fraction of sp³-hybridized carbons (Fsp3) is 0.250. The summed E-state index contributed by atoms with van der Waals surface area (Å²) in [6.07, 6.45) is 4.41. The van der Waals surface area contributed by atoms with E-state index in [4.69, 9.17) is 23.2 Å². The quantitative estimate of drug-likeness (QED) is 0.262. The molecule has 6 nitrogen and oxygen atoms in total. The van der Waals surface area contributed by atoms with Gasteiger partial charge >= 0.3 is 0 Å². The zero-order chi connectivity index (χ0) is 25.2. The Morgan fingerprint density at radius 1 is 0.861 bits per heavy atom. The highest BCUT2D eigenvalue weighted by atomic mass is 35.5. The average Bonchev–Trinajstić information content (AvgIpc) is 3.30. The number of fused-ring (bicyclic) bond motifs is 1. The Morgan fingerprint density at radius 3 is 2.31 bits per heavy atom.